The quantitative estimate of drug-likeness (QED) is 0.176. The number of allylic oxidation sites excluding steroid dienone is 8. The molecule has 0 heterocycles. The van der Waals surface area contributed by atoms with Gasteiger partial charge in [0, 0.05) is 6.61 Å². The average molecular weight is 745 g/mol. The molecule has 4 atom stereocenters. The second-order valence-electron chi connectivity index (χ2n) is 13.6. The van der Waals surface area contributed by atoms with Crippen molar-refractivity contribution in [3.63, 3.8) is 0 Å². The fourth-order valence-corrected chi connectivity index (χ4v) is 13.2. The van der Waals surface area contributed by atoms with Crippen molar-refractivity contribution in [2.75, 3.05) is 6.61 Å². The van der Waals surface area contributed by atoms with Gasteiger partial charge in [-0.05, 0) is 96.0 Å². The maximum Gasteiger partial charge on any atom is 2.00 e. The summed E-state index contributed by atoms with van der Waals surface area (Å²) in [5.41, 5.74) is 3.77. The summed E-state index contributed by atoms with van der Waals surface area (Å²) in [6, 6.07) is 33.2. The zero-order chi connectivity index (χ0) is 29.1. The first-order chi connectivity index (χ1) is 21.2. The van der Waals surface area contributed by atoms with E-state index in [0.29, 0.717) is 11.8 Å². The van der Waals surface area contributed by atoms with Crippen molar-refractivity contribution in [1.29, 1.82) is 0 Å². The van der Waals surface area contributed by atoms with Gasteiger partial charge in [0.15, 0.2) is 0 Å². The van der Waals surface area contributed by atoms with Gasteiger partial charge in [0.25, 0.3) is 8.32 Å². The fourth-order valence-electron chi connectivity index (χ4n) is 9.29. The third-order valence-corrected chi connectivity index (χ3v) is 15.4. The van der Waals surface area contributed by atoms with Gasteiger partial charge in [0.2, 0.25) is 0 Å². The number of hydrogen-bond acceptors (Lipinski definition) is 1. The number of fused-ring (bicyclic) bond motifs is 2. The zero-order valence-electron chi connectivity index (χ0n) is 27.0. The Morgan fingerprint density at radius 2 is 1.04 bits per heavy atom. The van der Waals surface area contributed by atoms with Gasteiger partial charge >= 0.3 is 26.2 Å². The van der Waals surface area contributed by atoms with Crippen LogP contribution in [0.1, 0.15) is 58.3 Å². The molecule has 2 fully saturated rings. The molecule has 238 valence electrons. The van der Waals surface area contributed by atoms with E-state index in [1.165, 1.54) is 60.5 Å². The Labute approximate surface area is 309 Å². The molecule has 4 aliphatic rings. The Morgan fingerprint density at radius 1 is 0.630 bits per heavy atom. The maximum absolute atomic E-state index is 7.41. The molecule has 3 aromatic rings. The van der Waals surface area contributed by atoms with Crippen LogP contribution in [0, 0.1) is 29.1 Å². The van der Waals surface area contributed by atoms with Crippen LogP contribution in [0.4, 0.5) is 0 Å². The molecule has 3 aromatic carbocycles. The molecule has 0 bridgehead atoms. The third-order valence-electron chi connectivity index (χ3n) is 11.4. The van der Waals surface area contributed by atoms with Gasteiger partial charge in [-0.25, -0.2) is 0 Å². The second-order valence-corrected chi connectivity index (χ2v) is 16.9. The Hall–Kier alpha value is -1.74. The zero-order valence-corrected chi connectivity index (χ0v) is 31.9. The minimum Gasteiger partial charge on any atom is -1.00 e. The van der Waals surface area contributed by atoms with Gasteiger partial charge in [-0.15, -0.1) is 0 Å². The number of halogens is 2. The molecule has 46 heavy (non-hydrogen) atoms. The molecule has 0 N–H and O–H groups in total. The monoisotopic (exact) mass is 742 g/mol. The van der Waals surface area contributed by atoms with Crippen LogP contribution in [0.2, 0.25) is 0 Å². The van der Waals surface area contributed by atoms with Crippen molar-refractivity contribution in [3.8, 4) is 0 Å². The standard InChI is InChI=1S/C41H46OSi.2ClH.Zr/c1-41(39-28-26-32-16-11-13-24-37(32)39,40-29-27-33-17-12-14-25-38(33)40)30-15-31-42-43(34-18-5-2-6-19-34,35-20-7-3-8-21-35)36-22-9-4-10-23-36;;;/h2-14,18-25,32-33,39-40H,15-17,26-31H2,1H3;2*1H;/q;;;+2/p-2. The largest absolute Gasteiger partial charge is 2.00 e. The molecule has 0 saturated heterocycles. The first kappa shape index (κ1) is 37.1. The average Bonchev–Trinajstić information content (AvgIpc) is 3.72. The number of hydrogen-bond donors (Lipinski definition) is 0. The summed E-state index contributed by atoms with van der Waals surface area (Å²) in [7, 11) is -2.68. The van der Waals surface area contributed by atoms with Crippen LogP contribution in [-0.2, 0) is 30.6 Å². The summed E-state index contributed by atoms with van der Waals surface area (Å²) in [6.45, 7) is 3.45. The van der Waals surface area contributed by atoms with E-state index in [9.17, 15) is 0 Å². The molecule has 7 rings (SSSR count). The summed E-state index contributed by atoms with van der Waals surface area (Å²) in [5.74, 6) is 2.88. The Bertz CT molecular complexity index is 1380. The van der Waals surface area contributed by atoms with E-state index in [-0.39, 0.29) is 56.4 Å². The fraction of sp³-hybridized carbons (Fsp3) is 0.366. The molecular weight excluding hydrogens is 699 g/mol. The third kappa shape index (κ3) is 7.02. The van der Waals surface area contributed by atoms with Crippen LogP contribution < -0.4 is 40.4 Å². The summed E-state index contributed by atoms with van der Waals surface area (Å²) in [4.78, 5) is 0. The predicted molar refractivity (Wildman–Crippen MR) is 183 cm³/mol. The molecular formula is C41H46Cl2OSiZr. The van der Waals surface area contributed by atoms with E-state index >= 15 is 0 Å². The van der Waals surface area contributed by atoms with E-state index in [4.69, 9.17) is 4.43 Å². The van der Waals surface area contributed by atoms with Gasteiger partial charge in [0.1, 0.15) is 0 Å². The SMILES string of the molecule is CC(CCCO[Si](c1ccccc1)(c1ccccc1)c1ccccc1)(C1CCC2CC=CC=C21)C1CCC2CC=CC=C21.[Cl-].[Cl-].[Zr+2]. The molecule has 0 radical (unpaired) electrons. The molecule has 4 aliphatic carbocycles. The number of benzene rings is 3. The van der Waals surface area contributed by atoms with E-state index in [0.717, 1.165) is 24.9 Å². The Balaban J connectivity index is 0.00000160. The first-order valence-electron chi connectivity index (χ1n) is 16.7. The van der Waals surface area contributed by atoms with Gasteiger partial charge in [0.05, 0.1) is 0 Å². The van der Waals surface area contributed by atoms with Gasteiger partial charge in [-0.3, -0.25) is 0 Å². The molecule has 2 saturated carbocycles. The van der Waals surface area contributed by atoms with E-state index in [1.54, 1.807) is 11.1 Å². The van der Waals surface area contributed by atoms with E-state index in [1.807, 2.05) is 0 Å². The van der Waals surface area contributed by atoms with E-state index in [2.05, 4.69) is 134 Å². The summed E-state index contributed by atoms with van der Waals surface area (Å²) in [5, 5.41) is 3.97. The van der Waals surface area contributed by atoms with Crippen LogP contribution in [-0.4, -0.2) is 14.9 Å². The van der Waals surface area contributed by atoms with Gasteiger partial charge in [-0.1, -0.05) is 146 Å². The molecule has 0 spiro atoms. The predicted octanol–water partition coefficient (Wildman–Crippen LogP) is 2.29. The van der Waals surface area contributed by atoms with Crippen LogP contribution in [0.5, 0.6) is 0 Å². The smallest absolute Gasteiger partial charge is 1.00 e. The Kier molecular flexibility index (Phi) is 13.4. The molecule has 0 aromatic heterocycles. The van der Waals surface area contributed by atoms with E-state index < -0.39 is 8.32 Å². The van der Waals surface area contributed by atoms with Crippen LogP contribution >= 0.6 is 0 Å². The van der Waals surface area contributed by atoms with Crippen molar-refractivity contribution < 1.29 is 55.4 Å². The van der Waals surface area contributed by atoms with Crippen molar-refractivity contribution in [1.82, 2.24) is 0 Å². The molecule has 0 aliphatic heterocycles. The minimum atomic E-state index is -2.68. The van der Waals surface area contributed by atoms with Gasteiger partial charge in [-0.2, -0.15) is 0 Å². The Morgan fingerprint density at radius 3 is 1.46 bits per heavy atom. The molecule has 0 amide bonds. The summed E-state index contributed by atoms with van der Waals surface area (Å²) >= 11 is 0. The van der Waals surface area contributed by atoms with Crippen LogP contribution in [0.15, 0.2) is 139 Å². The van der Waals surface area contributed by atoms with Crippen molar-refractivity contribution in [2.45, 2.75) is 58.3 Å². The summed E-state index contributed by atoms with van der Waals surface area (Å²) < 4.78 is 7.41. The van der Waals surface area contributed by atoms with Crippen molar-refractivity contribution >= 4 is 23.9 Å². The molecule has 5 heteroatoms. The second kappa shape index (κ2) is 16.6. The van der Waals surface area contributed by atoms with Crippen LogP contribution in [0.25, 0.3) is 0 Å². The topological polar surface area (TPSA) is 9.23 Å². The van der Waals surface area contributed by atoms with Gasteiger partial charge < -0.3 is 29.2 Å². The first-order valence-corrected chi connectivity index (χ1v) is 18.6. The van der Waals surface area contributed by atoms with Crippen LogP contribution in [0.3, 0.4) is 0 Å². The van der Waals surface area contributed by atoms with Crippen molar-refractivity contribution in [2.24, 2.45) is 29.1 Å². The molecule has 1 nitrogen and oxygen atoms in total. The normalized spacial score (nSPS) is 24.2. The maximum atomic E-state index is 7.41. The minimum absolute atomic E-state index is 0. The molecule has 4 unspecified atom stereocenters. The van der Waals surface area contributed by atoms with Crippen molar-refractivity contribution in [3.05, 3.63) is 139 Å². The number of rotatable bonds is 10. The summed E-state index contributed by atoms with van der Waals surface area (Å²) in [6.07, 6.45) is 24.6.